The smallest absolute Gasteiger partial charge is 0.109 e. The average molecular weight is 259 g/mol. The molecule has 9 heavy (non-hydrogen) atoms. The van der Waals surface area contributed by atoms with Crippen LogP contribution in [0.5, 0.6) is 0 Å². The van der Waals surface area contributed by atoms with Crippen LogP contribution in [0.25, 0.3) is 0 Å². The quantitative estimate of drug-likeness (QED) is 0.415. The molecule has 1 fully saturated rings. The second kappa shape index (κ2) is 4.79. The van der Waals surface area contributed by atoms with Gasteiger partial charge in [-0.15, -0.1) is 0 Å². The van der Waals surface area contributed by atoms with Crippen LogP contribution in [0.15, 0.2) is 0 Å². The van der Waals surface area contributed by atoms with E-state index < -0.39 is 0 Å². The molecule has 0 aromatic carbocycles. The highest BCUT2D eigenvalue weighted by Crippen LogP contribution is 2.15. The van der Waals surface area contributed by atoms with E-state index in [1.807, 2.05) is 23.0 Å². The first-order chi connectivity index (χ1) is 4.43. The Bertz CT molecular complexity index is 70.7. The molecule has 0 unspecified atom stereocenters. The largest absolute Gasteiger partial charge is 0.316 e. The molecule has 1 saturated heterocycles. The molecular formula is C6H12IOS+. The fraction of sp³-hybridized carbons (Fsp3) is 1.00. The van der Waals surface area contributed by atoms with Crippen LogP contribution in [0.1, 0.15) is 12.8 Å². The summed E-state index contributed by atoms with van der Waals surface area (Å²) < 4.78 is 5.05. The molecule has 0 aromatic rings. The molecule has 0 bridgehead atoms. The standard InChI is InChI=1S/C6H11IOS/c7-8-5-6-1-3-9-4-2-6/h6H,1-5H2/p+1. The lowest BCUT2D eigenvalue weighted by molar-refractivity contribution is 0.308. The highest BCUT2D eigenvalue weighted by Gasteiger charge is 2.17. The first-order valence-corrected chi connectivity index (χ1v) is 5.45. The monoisotopic (exact) mass is 259 g/mol. The van der Waals surface area contributed by atoms with Gasteiger partial charge in [0, 0.05) is 0 Å². The summed E-state index contributed by atoms with van der Waals surface area (Å²) in [5, 5.41) is 0. The van der Waals surface area contributed by atoms with Crippen molar-refractivity contribution in [3.63, 3.8) is 0 Å². The Hall–Kier alpha value is 1.04. The molecule has 0 atom stereocenters. The summed E-state index contributed by atoms with van der Waals surface area (Å²) in [5.41, 5.74) is 0. The second-order valence-electron chi connectivity index (χ2n) is 2.39. The van der Waals surface area contributed by atoms with Crippen molar-refractivity contribution in [2.45, 2.75) is 12.8 Å². The van der Waals surface area contributed by atoms with Gasteiger partial charge in [-0.3, -0.25) is 0 Å². The molecule has 0 aromatic heterocycles. The van der Waals surface area contributed by atoms with Crippen LogP contribution in [0, 0.1) is 5.92 Å². The Balaban J connectivity index is 2.08. The van der Waals surface area contributed by atoms with Crippen molar-refractivity contribution in [3.8, 4) is 0 Å². The van der Waals surface area contributed by atoms with Gasteiger partial charge in [-0.25, -0.2) is 0 Å². The van der Waals surface area contributed by atoms with Gasteiger partial charge in [0.15, 0.2) is 0 Å². The van der Waals surface area contributed by atoms with Crippen LogP contribution in [-0.2, 0) is 14.8 Å². The van der Waals surface area contributed by atoms with E-state index in [1.165, 1.54) is 24.3 Å². The Morgan fingerprint density at radius 3 is 2.67 bits per heavy atom. The predicted molar refractivity (Wildman–Crippen MR) is 51.2 cm³/mol. The van der Waals surface area contributed by atoms with Crippen molar-refractivity contribution < 1.29 is 3.07 Å². The summed E-state index contributed by atoms with van der Waals surface area (Å²) in [6.07, 6.45) is 2.76. The second-order valence-corrected chi connectivity index (χ2v) is 4.35. The Kier molecular flexibility index (Phi) is 4.34. The van der Waals surface area contributed by atoms with E-state index >= 15 is 0 Å². The summed E-state index contributed by atoms with van der Waals surface area (Å²) in [4.78, 5) is 0. The zero-order valence-electron chi connectivity index (χ0n) is 5.35. The van der Waals surface area contributed by atoms with Crippen LogP contribution in [0.2, 0.25) is 0 Å². The fourth-order valence-corrected chi connectivity index (χ4v) is 2.89. The Morgan fingerprint density at radius 2 is 2.11 bits per heavy atom. The third-order valence-electron chi connectivity index (χ3n) is 1.69. The number of hydrogen-bond donors (Lipinski definition) is 0. The molecule has 0 radical (unpaired) electrons. The van der Waals surface area contributed by atoms with Crippen LogP contribution < -0.4 is 0 Å². The van der Waals surface area contributed by atoms with Gasteiger partial charge in [0.2, 0.25) is 0 Å². The van der Waals surface area contributed by atoms with Gasteiger partial charge in [0.05, 0.1) is 6.61 Å². The Labute approximate surface area is 74.6 Å². The van der Waals surface area contributed by atoms with Crippen molar-refractivity contribution in [3.05, 3.63) is 0 Å². The van der Waals surface area contributed by atoms with E-state index in [0.717, 1.165) is 12.5 Å². The topological polar surface area (TPSA) is 9.23 Å². The predicted octanol–water partition coefficient (Wildman–Crippen LogP) is 1.58. The minimum Gasteiger partial charge on any atom is -0.316 e. The normalized spacial score (nSPS) is 22.3. The first kappa shape index (κ1) is 8.14. The summed E-state index contributed by atoms with van der Waals surface area (Å²) in [6, 6.07) is 0. The maximum Gasteiger partial charge on any atom is 0.109 e. The molecule has 3 heteroatoms. The minimum atomic E-state index is 0.864. The zero-order chi connectivity index (χ0) is 6.53. The molecule has 1 aliphatic heterocycles. The maximum absolute atomic E-state index is 5.05. The molecule has 0 spiro atoms. The summed E-state index contributed by atoms with van der Waals surface area (Å²) >= 11 is 3.64. The summed E-state index contributed by atoms with van der Waals surface area (Å²) in [7, 11) is 0. The van der Waals surface area contributed by atoms with E-state index in [2.05, 4.69) is 0 Å². The minimum absolute atomic E-state index is 0.864. The Morgan fingerprint density at radius 1 is 1.44 bits per heavy atom. The van der Waals surface area contributed by atoms with Crippen molar-refractivity contribution in [1.29, 1.82) is 0 Å². The van der Waals surface area contributed by atoms with Gasteiger partial charge in [0.25, 0.3) is 0 Å². The summed E-state index contributed by atoms with van der Waals surface area (Å²) in [5.74, 6) is 3.65. The molecule has 1 rings (SSSR count). The molecule has 1 aliphatic rings. The van der Waals surface area contributed by atoms with Crippen LogP contribution in [0.4, 0.5) is 0 Å². The molecule has 1 heterocycles. The zero-order valence-corrected chi connectivity index (χ0v) is 8.40. The van der Waals surface area contributed by atoms with Gasteiger partial charge in [0.1, 0.15) is 34.5 Å². The third kappa shape index (κ3) is 3.09. The molecule has 0 aliphatic carbocycles. The van der Waals surface area contributed by atoms with Gasteiger partial charge in [-0.2, -0.15) is 0 Å². The number of thiol groups is 1. The van der Waals surface area contributed by atoms with Crippen LogP contribution in [-0.4, -0.2) is 18.1 Å². The first-order valence-electron chi connectivity index (χ1n) is 3.30. The molecule has 0 N–H and O–H groups in total. The number of halogens is 1. The highest BCUT2D eigenvalue weighted by molar-refractivity contribution is 14.1. The van der Waals surface area contributed by atoms with E-state index in [9.17, 15) is 0 Å². The third-order valence-corrected chi connectivity index (χ3v) is 3.20. The average Bonchev–Trinajstić information content (AvgIpc) is 1.91. The summed E-state index contributed by atoms with van der Waals surface area (Å²) in [6.45, 7) is 0.968. The van der Waals surface area contributed by atoms with Crippen LogP contribution in [0.3, 0.4) is 0 Å². The lowest BCUT2D eigenvalue weighted by Gasteiger charge is -2.14. The maximum atomic E-state index is 5.05. The van der Waals surface area contributed by atoms with E-state index in [-0.39, 0.29) is 0 Å². The molecule has 0 amide bonds. The fourth-order valence-electron chi connectivity index (χ4n) is 1.06. The lowest BCUT2D eigenvalue weighted by Crippen LogP contribution is -2.17. The van der Waals surface area contributed by atoms with E-state index in [0.29, 0.717) is 0 Å². The SMILES string of the molecule is IOCC1CC[SH+]CC1. The van der Waals surface area contributed by atoms with Crippen molar-refractivity contribution in [2.24, 2.45) is 5.92 Å². The number of rotatable bonds is 2. The van der Waals surface area contributed by atoms with Gasteiger partial charge in [-0.05, 0) is 30.5 Å². The van der Waals surface area contributed by atoms with Crippen molar-refractivity contribution >= 4 is 34.8 Å². The molecule has 0 saturated carbocycles. The molecule has 1 nitrogen and oxygen atoms in total. The van der Waals surface area contributed by atoms with E-state index in [1.54, 1.807) is 11.8 Å². The number of hydrogen-bond acceptors (Lipinski definition) is 1. The van der Waals surface area contributed by atoms with Crippen molar-refractivity contribution in [2.75, 3.05) is 18.1 Å². The highest BCUT2D eigenvalue weighted by atomic mass is 127. The van der Waals surface area contributed by atoms with Gasteiger partial charge < -0.3 is 3.07 Å². The van der Waals surface area contributed by atoms with Gasteiger partial charge in [-0.1, -0.05) is 0 Å². The molecular weight excluding hydrogens is 247 g/mol. The van der Waals surface area contributed by atoms with Crippen molar-refractivity contribution in [1.82, 2.24) is 0 Å². The molecule has 54 valence electrons. The van der Waals surface area contributed by atoms with E-state index in [4.69, 9.17) is 3.07 Å². The lowest BCUT2D eigenvalue weighted by atomic mass is 10.1. The van der Waals surface area contributed by atoms with Crippen LogP contribution >= 0.6 is 23.0 Å². The van der Waals surface area contributed by atoms with Gasteiger partial charge >= 0.3 is 0 Å².